The molecule has 0 aliphatic heterocycles. The van der Waals surface area contributed by atoms with Crippen molar-refractivity contribution in [2.45, 2.75) is 97.5 Å². The van der Waals surface area contributed by atoms with Crippen LogP contribution in [0.4, 0.5) is 0 Å². The predicted octanol–water partition coefficient (Wildman–Crippen LogP) is 6.05. The Labute approximate surface area is 150 Å². The van der Waals surface area contributed by atoms with E-state index in [0.717, 1.165) is 35.5 Å². The maximum atomic E-state index is 10.3. The van der Waals surface area contributed by atoms with Crippen LogP contribution >= 0.6 is 0 Å². The van der Waals surface area contributed by atoms with Gasteiger partial charge in [0, 0.05) is 0 Å². The van der Waals surface area contributed by atoms with Crippen LogP contribution in [-0.4, -0.2) is 11.2 Å². The van der Waals surface area contributed by atoms with Crippen molar-refractivity contribution in [1.29, 1.82) is 0 Å². The van der Waals surface area contributed by atoms with Gasteiger partial charge in [-0.1, -0.05) is 39.5 Å². The molecule has 0 bridgehead atoms. The summed E-state index contributed by atoms with van der Waals surface area (Å²) in [5.74, 6) is 6.68. The first-order chi connectivity index (χ1) is 11.5. The summed E-state index contributed by atoms with van der Waals surface area (Å²) in [4.78, 5) is 0. The Bertz CT molecular complexity index is 439. The fourth-order valence-electron chi connectivity index (χ4n) is 7.92. The highest BCUT2D eigenvalue weighted by Crippen LogP contribution is 2.64. The van der Waals surface area contributed by atoms with E-state index in [0.29, 0.717) is 11.3 Å². The van der Waals surface area contributed by atoms with E-state index >= 15 is 0 Å². The van der Waals surface area contributed by atoms with E-state index in [9.17, 15) is 5.11 Å². The van der Waals surface area contributed by atoms with Crippen LogP contribution in [0.3, 0.4) is 0 Å². The highest BCUT2D eigenvalue weighted by Gasteiger charge is 2.57. The summed E-state index contributed by atoms with van der Waals surface area (Å²) in [6.07, 6.45) is 16.0. The Balaban J connectivity index is 1.52. The van der Waals surface area contributed by atoms with Gasteiger partial charge in [-0.2, -0.15) is 0 Å². The third-order valence-electron chi connectivity index (χ3n) is 9.13. The van der Waals surface area contributed by atoms with Crippen molar-refractivity contribution in [3.63, 3.8) is 0 Å². The molecule has 0 saturated heterocycles. The van der Waals surface area contributed by atoms with E-state index < -0.39 is 0 Å². The first-order valence-corrected chi connectivity index (χ1v) is 11.2. The lowest BCUT2D eigenvalue weighted by Crippen LogP contribution is -2.48. The van der Waals surface area contributed by atoms with Gasteiger partial charge >= 0.3 is 0 Å². The van der Waals surface area contributed by atoms with E-state index in [4.69, 9.17) is 0 Å². The Morgan fingerprint density at radius 2 is 1.79 bits per heavy atom. The molecular formula is C23H40O. The van der Waals surface area contributed by atoms with Crippen molar-refractivity contribution in [3.05, 3.63) is 0 Å². The molecule has 0 amide bonds. The van der Waals surface area contributed by atoms with E-state index in [1.54, 1.807) is 6.42 Å². The highest BCUT2D eigenvalue weighted by molar-refractivity contribution is 5.06. The zero-order valence-corrected chi connectivity index (χ0v) is 16.3. The van der Waals surface area contributed by atoms with Crippen molar-refractivity contribution < 1.29 is 5.11 Å². The van der Waals surface area contributed by atoms with Crippen LogP contribution in [0.2, 0.25) is 0 Å². The van der Waals surface area contributed by atoms with Gasteiger partial charge in [-0.3, -0.25) is 0 Å². The minimum absolute atomic E-state index is 0.103. The first kappa shape index (κ1) is 17.4. The number of hydrogen-bond donors (Lipinski definition) is 1. The molecule has 4 aliphatic carbocycles. The number of fused-ring (bicyclic) bond motifs is 3. The molecule has 8 unspecified atom stereocenters. The SMILES string of the molecule is CCCC1C(CC2CC2)CCC2C1CCC1(C)C(C(C)O)CCC21. The number of aliphatic hydroxyl groups excluding tert-OH is 1. The lowest BCUT2D eigenvalue weighted by atomic mass is 9.50. The van der Waals surface area contributed by atoms with Gasteiger partial charge in [0.1, 0.15) is 0 Å². The van der Waals surface area contributed by atoms with Crippen molar-refractivity contribution in [3.8, 4) is 0 Å². The summed E-state index contributed by atoms with van der Waals surface area (Å²) in [5, 5.41) is 10.3. The summed E-state index contributed by atoms with van der Waals surface area (Å²) >= 11 is 0. The van der Waals surface area contributed by atoms with Crippen LogP contribution in [0, 0.1) is 46.8 Å². The molecule has 0 aromatic carbocycles. The van der Waals surface area contributed by atoms with Crippen LogP contribution in [0.15, 0.2) is 0 Å². The van der Waals surface area contributed by atoms with Crippen LogP contribution in [0.1, 0.15) is 91.4 Å². The number of rotatable bonds is 5. The third-order valence-corrected chi connectivity index (χ3v) is 9.13. The topological polar surface area (TPSA) is 20.2 Å². The monoisotopic (exact) mass is 332 g/mol. The Morgan fingerprint density at radius 1 is 1.00 bits per heavy atom. The van der Waals surface area contributed by atoms with Gasteiger partial charge in [0.25, 0.3) is 0 Å². The molecule has 1 nitrogen and oxygen atoms in total. The minimum Gasteiger partial charge on any atom is -0.393 e. The fourth-order valence-corrected chi connectivity index (χ4v) is 7.92. The average molecular weight is 333 g/mol. The lowest BCUT2D eigenvalue weighted by molar-refractivity contribution is -0.0732. The van der Waals surface area contributed by atoms with Gasteiger partial charge in [-0.25, -0.2) is 0 Å². The van der Waals surface area contributed by atoms with Crippen molar-refractivity contribution >= 4 is 0 Å². The standard InChI is InChI=1S/C23H40O/c1-4-5-18-17(14-16-6-7-16)8-9-20-19(18)12-13-23(3)21(15(2)24)10-11-22(20)23/h15-22,24H,4-14H2,1-3H3. The Kier molecular flexibility index (Phi) is 4.78. The molecule has 138 valence electrons. The normalized spacial score (nSPS) is 49.5. The second-order valence-electron chi connectivity index (χ2n) is 10.4. The summed E-state index contributed by atoms with van der Waals surface area (Å²) in [5.41, 5.74) is 0.440. The largest absolute Gasteiger partial charge is 0.393 e. The maximum absolute atomic E-state index is 10.3. The average Bonchev–Trinajstić information content (AvgIpc) is 3.28. The first-order valence-electron chi connectivity index (χ1n) is 11.2. The van der Waals surface area contributed by atoms with Gasteiger partial charge < -0.3 is 5.11 Å². The second-order valence-corrected chi connectivity index (χ2v) is 10.4. The van der Waals surface area contributed by atoms with Gasteiger partial charge in [-0.05, 0) is 98.7 Å². The van der Waals surface area contributed by atoms with E-state index in [2.05, 4.69) is 20.8 Å². The zero-order chi connectivity index (χ0) is 16.9. The van der Waals surface area contributed by atoms with E-state index in [-0.39, 0.29) is 6.10 Å². The van der Waals surface area contributed by atoms with Gasteiger partial charge in [-0.15, -0.1) is 0 Å². The van der Waals surface area contributed by atoms with Crippen molar-refractivity contribution in [2.75, 3.05) is 0 Å². The summed E-state index contributed by atoms with van der Waals surface area (Å²) in [6, 6.07) is 0. The molecule has 4 aliphatic rings. The minimum atomic E-state index is -0.103. The molecule has 8 atom stereocenters. The molecule has 0 spiro atoms. The Hall–Kier alpha value is -0.0400. The molecule has 0 aromatic rings. The summed E-state index contributed by atoms with van der Waals surface area (Å²) < 4.78 is 0. The molecule has 0 radical (unpaired) electrons. The highest BCUT2D eigenvalue weighted by atomic mass is 16.3. The quantitative estimate of drug-likeness (QED) is 0.649. The van der Waals surface area contributed by atoms with E-state index in [1.165, 1.54) is 64.2 Å². The number of aliphatic hydroxyl groups is 1. The predicted molar refractivity (Wildman–Crippen MR) is 101 cm³/mol. The number of hydrogen-bond acceptors (Lipinski definition) is 1. The fraction of sp³-hybridized carbons (Fsp3) is 1.00. The maximum Gasteiger partial charge on any atom is 0.0545 e. The van der Waals surface area contributed by atoms with Gasteiger partial charge in [0.05, 0.1) is 6.10 Å². The summed E-state index contributed by atoms with van der Waals surface area (Å²) in [7, 11) is 0. The molecule has 4 rings (SSSR count). The molecular weight excluding hydrogens is 292 g/mol. The summed E-state index contributed by atoms with van der Waals surface area (Å²) in [6.45, 7) is 7.00. The molecule has 1 heteroatoms. The van der Waals surface area contributed by atoms with Crippen molar-refractivity contribution in [1.82, 2.24) is 0 Å². The molecule has 24 heavy (non-hydrogen) atoms. The molecule has 4 fully saturated rings. The second kappa shape index (κ2) is 6.60. The molecule has 1 N–H and O–H groups in total. The van der Waals surface area contributed by atoms with Crippen LogP contribution in [0.5, 0.6) is 0 Å². The van der Waals surface area contributed by atoms with Gasteiger partial charge in [0.2, 0.25) is 0 Å². The molecule has 0 heterocycles. The molecule has 0 aromatic heterocycles. The van der Waals surface area contributed by atoms with Crippen LogP contribution in [-0.2, 0) is 0 Å². The zero-order valence-electron chi connectivity index (χ0n) is 16.3. The van der Waals surface area contributed by atoms with Crippen LogP contribution < -0.4 is 0 Å². The van der Waals surface area contributed by atoms with Crippen molar-refractivity contribution in [2.24, 2.45) is 46.8 Å². The lowest BCUT2D eigenvalue weighted by Gasteiger charge is -2.55. The molecule has 4 saturated carbocycles. The van der Waals surface area contributed by atoms with Crippen LogP contribution in [0.25, 0.3) is 0 Å². The Morgan fingerprint density at radius 3 is 2.46 bits per heavy atom. The van der Waals surface area contributed by atoms with E-state index in [1.807, 2.05) is 0 Å². The van der Waals surface area contributed by atoms with Gasteiger partial charge in [0.15, 0.2) is 0 Å². The smallest absolute Gasteiger partial charge is 0.0545 e. The third kappa shape index (κ3) is 2.87.